The van der Waals surface area contributed by atoms with Crippen LogP contribution in [0, 0.1) is 0 Å². The van der Waals surface area contributed by atoms with Gasteiger partial charge in [-0.2, -0.15) is 0 Å². The fourth-order valence-electron chi connectivity index (χ4n) is 4.15. The van der Waals surface area contributed by atoms with Crippen molar-refractivity contribution < 1.29 is 29.9 Å². The minimum Gasteiger partial charge on any atom is -0.461 e. The maximum atomic E-state index is 10.3. The molecule has 160 valence electrons. The summed E-state index contributed by atoms with van der Waals surface area (Å²) in [5.74, 6) is 0.586. The number of aliphatic hydroxyl groups excluding tert-OH is 4. The van der Waals surface area contributed by atoms with E-state index in [9.17, 15) is 20.4 Å². The van der Waals surface area contributed by atoms with Crippen LogP contribution in [-0.4, -0.2) is 86.3 Å². The molecule has 29 heavy (non-hydrogen) atoms. The van der Waals surface area contributed by atoms with Crippen LogP contribution in [0.1, 0.15) is 18.4 Å². The lowest BCUT2D eigenvalue weighted by Crippen LogP contribution is -2.59. The van der Waals surface area contributed by atoms with Gasteiger partial charge < -0.3 is 34.8 Å². The Morgan fingerprint density at radius 3 is 2.79 bits per heavy atom. The highest BCUT2D eigenvalue weighted by atomic mass is 127. The number of fused-ring (bicyclic) bond motifs is 1. The van der Waals surface area contributed by atoms with Gasteiger partial charge in [0.25, 0.3) is 0 Å². The van der Waals surface area contributed by atoms with E-state index in [1.807, 2.05) is 16.1 Å². The molecule has 0 bridgehead atoms. The van der Waals surface area contributed by atoms with Gasteiger partial charge in [0.15, 0.2) is 0 Å². The van der Waals surface area contributed by atoms with E-state index in [1.54, 1.807) is 0 Å². The third-order valence-corrected chi connectivity index (χ3v) is 7.52. The zero-order valence-corrected chi connectivity index (χ0v) is 18.3. The van der Waals surface area contributed by atoms with Crippen molar-refractivity contribution in [3.63, 3.8) is 0 Å². The maximum absolute atomic E-state index is 10.3. The molecule has 8 nitrogen and oxygen atoms in total. The molecule has 6 atom stereocenters. The zero-order chi connectivity index (χ0) is 20.5. The summed E-state index contributed by atoms with van der Waals surface area (Å²) in [5, 5.41) is 41.6. The molecule has 0 spiro atoms. The first-order valence-corrected chi connectivity index (χ1v) is 12.0. The van der Waals surface area contributed by atoms with Gasteiger partial charge >= 0.3 is 0 Å². The summed E-state index contributed by atoms with van der Waals surface area (Å²) in [6.07, 6.45) is -3.26. The van der Waals surface area contributed by atoms with Gasteiger partial charge in [0, 0.05) is 36.3 Å². The molecule has 0 aromatic heterocycles. The van der Waals surface area contributed by atoms with Gasteiger partial charge in [0.2, 0.25) is 6.29 Å². The van der Waals surface area contributed by atoms with E-state index in [4.69, 9.17) is 9.47 Å². The number of aliphatic hydroxyl groups is 4. The summed E-state index contributed by atoms with van der Waals surface area (Å²) in [7, 11) is 2.14. The highest BCUT2D eigenvalue weighted by Gasteiger charge is 2.45. The number of halogens is 1. The minimum absolute atomic E-state index is 0.464. The number of benzene rings is 1. The van der Waals surface area contributed by atoms with Crippen molar-refractivity contribution in [3.05, 3.63) is 34.3 Å². The van der Waals surface area contributed by atoms with Gasteiger partial charge in [0.05, 0.1) is 12.0 Å². The van der Waals surface area contributed by atoms with Crippen LogP contribution < -0.4 is 10.6 Å². The van der Waals surface area contributed by atoms with E-state index in [-0.39, 0.29) is 0 Å². The molecule has 9 heteroatoms. The number of likely N-dealkylation sites (tertiary alicyclic amines) is 1. The Bertz CT molecular complexity index is 891. The SMILES string of the molecule is CN1CCC[C@@H]1Cc1cccc2c1=C(O[C@@H]1O[C@H](CO)[C@@H](O)[C@@H](O)C1O)C=IN=2. The van der Waals surface area contributed by atoms with Crippen molar-refractivity contribution >= 4 is 30.8 Å². The second-order valence-electron chi connectivity index (χ2n) is 7.76. The normalized spacial score (nSPS) is 35.0. The van der Waals surface area contributed by atoms with Gasteiger partial charge in [-0.15, -0.1) is 0 Å². The third-order valence-electron chi connectivity index (χ3n) is 5.88. The van der Waals surface area contributed by atoms with Gasteiger partial charge in [0.1, 0.15) is 30.2 Å². The van der Waals surface area contributed by atoms with Gasteiger partial charge in [-0.1, -0.05) is 12.1 Å². The molecule has 0 aliphatic carbocycles. The number of rotatable bonds is 5. The van der Waals surface area contributed by atoms with Crippen LogP contribution in [-0.2, 0) is 15.9 Å². The Morgan fingerprint density at radius 1 is 1.24 bits per heavy atom. The average molecular weight is 518 g/mol. The van der Waals surface area contributed by atoms with Crippen molar-refractivity contribution in [2.45, 2.75) is 56.0 Å². The van der Waals surface area contributed by atoms with Crippen LogP contribution in [0.15, 0.2) is 21.4 Å². The second kappa shape index (κ2) is 9.04. The molecule has 0 saturated carbocycles. The van der Waals surface area contributed by atoms with Crippen molar-refractivity contribution in [3.8, 4) is 0 Å². The summed E-state index contributed by atoms with van der Waals surface area (Å²) in [6.45, 7) is 0.613. The lowest BCUT2D eigenvalue weighted by atomic mass is 9.99. The first-order chi connectivity index (χ1) is 14.0. The number of hydrogen-bond acceptors (Lipinski definition) is 8. The molecule has 4 N–H and O–H groups in total. The summed E-state index contributed by atoms with van der Waals surface area (Å²) in [4.78, 5) is 2.37. The highest BCUT2D eigenvalue weighted by molar-refractivity contribution is 14.2. The quantitative estimate of drug-likeness (QED) is 0.354. The third kappa shape index (κ3) is 4.27. The molecule has 2 fully saturated rings. The predicted molar refractivity (Wildman–Crippen MR) is 115 cm³/mol. The molecule has 1 unspecified atom stereocenters. The Kier molecular flexibility index (Phi) is 6.64. The summed E-state index contributed by atoms with van der Waals surface area (Å²) < 4.78 is 18.2. The van der Waals surface area contributed by atoms with E-state index < -0.39 is 58.3 Å². The summed E-state index contributed by atoms with van der Waals surface area (Å²) in [6, 6.07) is 6.51. The van der Waals surface area contributed by atoms with Gasteiger partial charge in [-0.05, 0) is 44.5 Å². The monoisotopic (exact) mass is 518 g/mol. The largest absolute Gasteiger partial charge is 0.461 e. The lowest BCUT2D eigenvalue weighted by molar-refractivity contribution is -0.283. The Balaban J connectivity index is 1.67. The summed E-state index contributed by atoms with van der Waals surface area (Å²) in [5.41, 5.74) is 1.13. The van der Waals surface area contributed by atoms with Crippen LogP contribution in [0.25, 0.3) is 5.76 Å². The molecule has 0 amide bonds. The van der Waals surface area contributed by atoms with Crippen LogP contribution in [0.4, 0.5) is 0 Å². The Labute approximate surface area is 179 Å². The second-order valence-corrected chi connectivity index (χ2v) is 9.42. The average Bonchev–Trinajstić information content (AvgIpc) is 3.13. The van der Waals surface area contributed by atoms with E-state index in [0.29, 0.717) is 11.8 Å². The fourth-order valence-corrected chi connectivity index (χ4v) is 5.71. The topological polar surface area (TPSA) is 115 Å². The van der Waals surface area contributed by atoms with Crippen molar-refractivity contribution in [1.29, 1.82) is 0 Å². The van der Waals surface area contributed by atoms with E-state index in [0.717, 1.165) is 35.5 Å². The van der Waals surface area contributed by atoms with Crippen molar-refractivity contribution in [2.75, 3.05) is 20.2 Å². The first kappa shape index (κ1) is 21.3. The van der Waals surface area contributed by atoms with Crippen molar-refractivity contribution in [1.82, 2.24) is 4.90 Å². The van der Waals surface area contributed by atoms with Crippen molar-refractivity contribution in [2.24, 2.45) is 3.21 Å². The van der Waals surface area contributed by atoms with Crippen LogP contribution in [0.2, 0.25) is 0 Å². The fraction of sp³-hybridized carbons (Fsp3) is 0.600. The minimum atomic E-state index is -1.46. The number of ether oxygens (including phenoxy) is 2. The van der Waals surface area contributed by atoms with Gasteiger partial charge in [-0.3, -0.25) is 0 Å². The molecule has 0 radical (unpaired) electrons. The molecule has 2 saturated heterocycles. The Hall–Kier alpha value is -0.950. The molecule has 3 aliphatic rings. The highest BCUT2D eigenvalue weighted by Crippen LogP contribution is 2.24. The molecule has 3 heterocycles. The van der Waals surface area contributed by atoms with E-state index in [1.165, 1.54) is 6.42 Å². The number of nitrogens with zero attached hydrogens (tertiary/aromatic N) is 2. The molecule has 1 aromatic rings. The lowest BCUT2D eigenvalue weighted by Gasteiger charge is -2.39. The predicted octanol–water partition coefficient (Wildman–Crippen LogP) is -1.43. The number of likely N-dealkylation sites (N-methyl/N-ethyl adjacent to an activating group) is 1. The maximum Gasteiger partial charge on any atom is 0.229 e. The van der Waals surface area contributed by atoms with Crippen LogP contribution in [0.5, 0.6) is 0 Å². The van der Waals surface area contributed by atoms with E-state index in [2.05, 4.69) is 21.2 Å². The first-order valence-electron chi connectivity index (χ1n) is 9.83. The van der Waals surface area contributed by atoms with E-state index >= 15 is 0 Å². The zero-order valence-electron chi connectivity index (χ0n) is 16.2. The van der Waals surface area contributed by atoms with Crippen LogP contribution in [0.3, 0.4) is 0 Å². The Morgan fingerprint density at radius 2 is 2.07 bits per heavy atom. The standard InChI is InChI=1S/C20H27IN2O6/c1-23-7-3-5-12(23)8-11-4-2-6-13-16(11)14(9-21-22-13)28-20-19(27)18(26)17(25)15(10-24)29-20/h2,4,6,9,12,15,17-20,24-27H,3,5,7-8,10H2,1H3/t12-,15-,17-,18-,19?,20-/m1/s1. The van der Waals surface area contributed by atoms with Gasteiger partial charge in [-0.25, -0.2) is 3.21 Å². The molecule has 3 aliphatic heterocycles. The smallest absolute Gasteiger partial charge is 0.229 e. The molecular formula is C20H27IN2O6. The number of hydrogen-bond donors (Lipinski definition) is 4. The summed E-state index contributed by atoms with van der Waals surface area (Å²) >= 11 is -0.602. The van der Waals surface area contributed by atoms with Crippen LogP contribution >= 0.6 is 21.0 Å². The molecular weight excluding hydrogens is 491 g/mol. The molecule has 4 rings (SSSR count). The molecule has 1 aromatic carbocycles.